The molecule has 1 aliphatic rings. The second-order valence-corrected chi connectivity index (χ2v) is 5.78. The quantitative estimate of drug-likeness (QED) is 0.501. The van der Waals surface area contributed by atoms with Crippen LogP contribution in [0.15, 0.2) is 72.8 Å². The Balaban J connectivity index is 1.54. The van der Waals surface area contributed by atoms with Crippen LogP contribution >= 0.6 is 0 Å². The van der Waals surface area contributed by atoms with Crippen LogP contribution < -0.4 is 15.5 Å². The fraction of sp³-hybridized carbons (Fsp3) is 0.0500. The minimum atomic E-state index is -0.555. The van der Waals surface area contributed by atoms with Crippen LogP contribution in [0.5, 0.6) is 5.75 Å². The number of hydrogen-bond donors (Lipinski definition) is 3. The van der Waals surface area contributed by atoms with Gasteiger partial charge in [0.05, 0.1) is 5.69 Å². The second kappa shape index (κ2) is 6.30. The van der Waals surface area contributed by atoms with Crippen molar-refractivity contribution >= 4 is 11.6 Å². The first-order valence-corrected chi connectivity index (χ1v) is 7.91. The normalized spacial score (nSPS) is 15.0. The van der Waals surface area contributed by atoms with Crippen molar-refractivity contribution < 1.29 is 14.7 Å². The predicted octanol–water partition coefficient (Wildman–Crippen LogP) is 3.98. The van der Waals surface area contributed by atoms with Crippen LogP contribution in [0.4, 0.5) is 5.69 Å². The Bertz CT molecular complexity index is 908. The number of hydrogen-bond acceptors (Lipinski definition) is 4. The van der Waals surface area contributed by atoms with Crippen molar-refractivity contribution in [3.8, 4) is 16.9 Å². The molecule has 1 amide bonds. The number of nitrogens with one attached hydrogen (secondary N) is 2. The number of amides is 1. The minimum Gasteiger partial charge on any atom is -0.464 e. The number of ether oxygens (including phenoxy) is 1. The third-order valence-electron chi connectivity index (χ3n) is 4.20. The third kappa shape index (κ3) is 2.93. The number of carbonyl (C=O) groups excluding carboxylic acids is 1. The first-order valence-electron chi connectivity index (χ1n) is 7.91. The second-order valence-electron chi connectivity index (χ2n) is 5.78. The lowest BCUT2D eigenvalue weighted by atomic mass is 10.0. The van der Waals surface area contributed by atoms with E-state index >= 15 is 0 Å². The Morgan fingerprint density at radius 1 is 0.960 bits per heavy atom. The molecule has 124 valence electrons. The SMILES string of the molecule is O=C(NO)c1ccc2c(c1)NC(c1ccc(-c3ccccc3)cc1)O2. The average Bonchev–Trinajstić information content (AvgIpc) is 3.11. The maximum atomic E-state index is 11.5. The Hall–Kier alpha value is -3.31. The number of benzene rings is 3. The maximum Gasteiger partial charge on any atom is 0.274 e. The Morgan fingerprint density at radius 3 is 2.40 bits per heavy atom. The van der Waals surface area contributed by atoms with Crippen molar-refractivity contribution in [3.05, 3.63) is 83.9 Å². The van der Waals surface area contributed by atoms with Crippen molar-refractivity contribution in [3.63, 3.8) is 0 Å². The zero-order valence-electron chi connectivity index (χ0n) is 13.3. The van der Waals surface area contributed by atoms with Crippen molar-refractivity contribution in [1.82, 2.24) is 5.48 Å². The molecule has 5 heteroatoms. The molecule has 1 aliphatic heterocycles. The smallest absolute Gasteiger partial charge is 0.274 e. The molecule has 0 aromatic heterocycles. The van der Waals surface area contributed by atoms with Gasteiger partial charge in [0.15, 0.2) is 6.23 Å². The van der Waals surface area contributed by atoms with E-state index in [0.29, 0.717) is 11.3 Å². The summed E-state index contributed by atoms with van der Waals surface area (Å²) in [6.45, 7) is 0. The largest absolute Gasteiger partial charge is 0.464 e. The molecule has 3 aromatic carbocycles. The fourth-order valence-corrected chi connectivity index (χ4v) is 2.88. The summed E-state index contributed by atoms with van der Waals surface area (Å²) in [7, 11) is 0. The van der Waals surface area contributed by atoms with Gasteiger partial charge in [-0.05, 0) is 29.3 Å². The van der Waals surface area contributed by atoms with Gasteiger partial charge in [-0.2, -0.15) is 0 Å². The van der Waals surface area contributed by atoms with E-state index in [0.717, 1.165) is 22.4 Å². The molecular formula is C20H16N2O3. The van der Waals surface area contributed by atoms with Gasteiger partial charge < -0.3 is 10.1 Å². The van der Waals surface area contributed by atoms with E-state index in [4.69, 9.17) is 9.94 Å². The predicted molar refractivity (Wildman–Crippen MR) is 94.6 cm³/mol. The molecular weight excluding hydrogens is 316 g/mol. The summed E-state index contributed by atoms with van der Waals surface area (Å²) < 4.78 is 5.90. The molecule has 0 spiro atoms. The molecule has 0 aliphatic carbocycles. The molecule has 3 N–H and O–H groups in total. The summed E-state index contributed by atoms with van der Waals surface area (Å²) in [6, 6.07) is 23.3. The van der Waals surface area contributed by atoms with Crippen LogP contribution in [0.3, 0.4) is 0 Å². The van der Waals surface area contributed by atoms with Crippen molar-refractivity contribution in [2.45, 2.75) is 6.23 Å². The van der Waals surface area contributed by atoms with Gasteiger partial charge in [0.2, 0.25) is 0 Å². The monoisotopic (exact) mass is 332 g/mol. The van der Waals surface area contributed by atoms with Crippen LogP contribution in [0.1, 0.15) is 22.1 Å². The van der Waals surface area contributed by atoms with Crippen LogP contribution in [-0.2, 0) is 0 Å². The lowest BCUT2D eigenvalue weighted by Gasteiger charge is -2.12. The highest BCUT2D eigenvalue weighted by atomic mass is 16.5. The standard InChI is InChI=1S/C20H16N2O3/c23-19(22-24)16-10-11-18-17(12-16)21-20(25-18)15-8-6-14(7-9-15)13-4-2-1-3-5-13/h1-12,20-21,24H,(H,22,23). The first-order chi connectivity index (χ1) is 12.2. The third-order valence-corrected chi connectivity index (χ3v) is 4.20. The number of fused-ring (bicyclic) bond motifs is 1. The maximum absolute atomic E-state index is 11.5. The molecule has 4 rings (SSSR count). The number of rotatable bonds is 3. The fourth-order valence-electron chi connectivity index (χ4n) is 2.88. The van der Waals surface area contributed by atoms with E-state index in [1.807, 2.05) is 30.3 Å². The van der Waals surface area contributed by atoms with E-state index in [-0.39, 0.29) is 6.23 Å². The van der Waals surface area contributed by atoms with Crippen LogP contribution in [0, 0.1) is 0 Å². The van der Waals surface area contributed by atoms with Crippen molar-refractivity contribution in [2.75, 3.05) is 5.32 Å². The summed E-state index contributed by atoms with van der Waals surface area (Å²) in [5.74, 6) is 0.117. The molecule has 1 heterocycles. The lowest BCUT2D eigenvalue weighted by Crippen LogP contribution is -2.18. The molecule has 0 saturated carbocycles. The van der Waals surface area contributed by atoms with Gasteiger partial charge in [0, 0.05) is 11.1 Å². The number of anilines is 1. The summed E-state index contributed by atoms with van der Waals surface area (Å²) >= 11 is 0. The van der Waals surface area contributed by atoms with E-state index in [9.17, 15) is 4.79 Å². The lowest BCUT2D eigenvalue weighted by molar-refractivity contribution is 0.0706. The minimum absolute atomic E-state index is 0.313. The Labute approximate surface area is 144 Å². The number of carbonyl (C=O) groups is 1. The summed E-state index contributed by atoms with van der Waals surface area (Å²) in [5, 5.41) is 12.0. The summed E-state index contributed by atoms with van der Waals surface area (Å²) in [5.41, 5.74) is 6.00. The highest BCUT2D eigenvalue weighted by Gasteiger charge is 2.24. The molecule has 5 nitrogen and oxygen atoms in total. The van der Waals surface area contributed by atoms with Crippen molar-refractivity contribution in [1.29, 1.82) is 0 Å². The molecule has 0 bridgehead atoms. The van der Waals surface area contributed by atoms with Crippen LogP contribution in [0.2, 0.25) is 0 Å². The highest BCUT2D eigenvalue weighted by Crippen LogP contribution is 2.38. The summed E-state index contributed by atoms with van der Waals surface area (Å²) in [4.78, 5) is 11.5. The van der Waals surface area contributed by atoms with Gasteiger partial charge in [-0.25, -0.2) is 5.48 Å². The molecule has 1 atom stereocenters. The van der Waals surface area contributed by atoms with Gasteiger partial charge >= 0.3 is 0 Å². The Kier molecular flexibility index (Phi) is 3.84. The molecule has 3 aromatic rings. The van der Waals surface area contributed by atoms with Crippen LogP contribution in [0.25, 0.3) is 11.1 Å². The number of hydroxylamine groups is 1. The van der Waals surface area contributed by atoms with Gasteiger partial charge in [-0.1, -0.05) is 54.6 Å². The Morgan fingerprint density at radius 2 is 1.68 bits per heavy atom. The zero-order chi connectivity index (χ0) is 17.2. The van der Waals surface area contributed by atoms with Gasteiger partial charge in [-0.15, -0.1) is 0 Å². The van der Waals surface area contributed by atoms with E-state index in [2.05, 4.69) is 29.6 Å². The van der Waals surface area contributed by atoms with E-state index in [1.165, 1.54) is 0 Å². The molecule has 25 heavy (non-hydrogen) atoms. The van der Waals surface area contributed by atoms with E-state index < -0.39 is 5.91 Å². The highest BCUT2D eigenvalue weighted by molar-refractivity contribution is 5.95. The molecule has 1 unspecified atom stereocenters. The zero-order valence-corrected chi connectivity index (χ0v) is 13.3. The van der Waals surface area contributed by atoms with Gasteiger partial charge in [0.1, 0.15) is 5.75 Å². The summed E-state index contributed by atoms with van der Waals surface area (Å²) in [6.07, 6.45) is -0.313. The molecule has 0 fully saturated rings. The van der Waals surface area contributed by atoms with Gasteiger partial charge in [-0.3, -0.25) is 10.0 Å². The van der Waals surface area contributed by atoms with E-state index in [1.54, 1.807) is 23.7 Å². The average molecular weight is 332 g/mol. The molecule has 0 radical (unpaired) electrons. The van der Waals surface area contributed by atoms with Crippen LogP contribution in [-0.4, -0.2) is 11.1 Å². The topological polar surface area (TPSA) is 70.6 Å². The first kappa shape index (κ1) is 15.2. The van der Waals surface area contributed by atoms with Crippen molar-refractivity contribution in [2.24, 2.45) is 0 Å². The molecule has 0 saturated heterocycles. The van der Waals surface area contributed by atoms with Gasteiger partial charge in [0.25, 0.3) is 5.91 Å².